The largest absolute Gasteiger partial charge is 0.351 e. The first-order chi connectivity index (χ1) is 12.5. The van der Waals surface area contributed by atoms with Gasteiger partial charge in [0.2, 0.25) is 11.1 Å². The summed E-state index contributed by atoms with van der Waals surface area (Å²) in [4.78, 5) is 12.0. The highest BCUT2D eigenvalue weighted by Crippen LogP contribution is 2.22. The molecule has 1 amide bonds. The van der Waals surface area contributed by atoms with Crippen LogP contribution in [0.1, 0.15) is 5.56 Å². The van der Waals surface area contributed by atoms with Crippen molar-refractivity contribution in [3.63, 3.8) is 0 Å². The Morgan fingerprint density at radius 1 is 1.23 bits per heavy atom. The van der Waals surface area contributed by atoms with Crippen LogP contribution in [0.4, 0.5) is 4.39 Å². The van der Waals surface area contributed by atoms with Crippen molar-refractivity contribution in [2.75, 3.05) is 11.6 Å². The van der Waals surface area contributed by atoms with Crippen molar-refractivity contribution < 1.29 is 9.18 Å². The van der Waals surface area contributed by atoms with Crippen LogP contribution in [0, 0.1) is 5.82 Å². The van der Waals surface area contributed by atoms with Crippen molar-refractivity contribution in [1.82, 2.24) is 20.2 Å². The lowest BCUT2D eigenvalue weighted by molar-refractivity contribution is -0.118. The van der Waals surface area contributed by atoms with E-state index in [0.29, 0.717) is 28.1 Å². The van der Waals surface area contributed by atoms with Crippen LogP contribution >= 0.6 is 23.4 Å². The Hall–Kier alpha value is -2.58. The molecule has 0 bridgehead atoms. The molecular formula is C17H15ClFN5OS. The lowest BCUT2D eigenvalue weighted by atomic mass is 10.2. The Balaban J connectivity index is 1.58. The predicted molar refractivity (Wildman–Crippen MR) is 99.6 cm³/mol. The van der Waals surface area contributed by atoms with E-state index in [4.69, 9.17) is 17.4 Å². The maximum absolute atomic E-state index is 13.3. The van der Waals surface area contributed by atoms with Crippen molar-refractivity contribution in [1.29, 1.82) is 0 Å². The van der Waals surface area contributed by atoms with Crippen LogP contribution in [0.2, 0.25) is 5.02 Å². The first-order valence-electron chi connectivity index (χ1n) is 7.64. The molecule has 0 spiro atoms. The predicted octanol–water partition coefficient (Wildman–Crippen LogP) is 2.86. The summed E-state index contributed by atoms with van der Waals surface area (Å²) >= 11 is 7.19. The number of thioether (sulfide) groups is 1. The molecule has 3 N–H and O–H groups in total. The molecule has 0 unspecified atom stereocenters. The highest BCUT2D eigenvalue weighted by molar-refractivity contribution is 7.99. The number of carbonyl (C=O) groups is 1. The molecule has 26 heavy (non-hydrogen) atoms. The summed E-state index contributed by atoms with van der Waals surface area (Å²) in [6.45, 7) is 0.336. The van der Waals surface area contributed by atoms with Crippen molar-refractivity contribution in [3.05, 3.63) is 64.9 Å². The molecular weight excluding hydrogens is 377 g/mol. The molecule has 0 aliphatic rings. The summed E-state index contributed by atoms with van der Waals surface area (Å²) in [5.74, 6) is 5.81. The Kier molecular flexibility index (Phi) is 5.75. The van der Waals surface area contributed by atoms with Crippen molar-refractivity contribution in [3.8, 4) is 11.4 Å². The smallest absolute Gasteiger partial charge is 0.230 e. The average Bonchev–Trinajstić information content (AvgIpc) is 3.00. The van der Waals surface area contributed by atoms with Gasteiger partial charge >= 0.3 is 0 Å². The molecule has 1 heterocycles. The summed E-state index contributed by atoms with van der Waals surface area (Å²) in [5, 5.41) is 11.7. The minimum atomic E-state index is -0.390. The van der Waals surface area contributed by atoms with E-state index in [1.54, 1.807) is 18.2 Å². The third-order valence-electron chi connectivity index (χ3n) is 3.51. The Morgan fingerprint density at radius 3 is 2.81 bits per heavy atom. The number of nitrogens with zero attached hydrogens (tertiary/aromatic N) is 3. The number of nitrogen functional groups attached to an aromatic ring is 1. The van der Waals surface area contributed by atoms with Gasteiger partial charge in [-0.1, -0.05) is 53.7 Å². The van der Waals surface area contributed by atoms with Crippen LogP contribution in [0.5, 0.6) is 0 Å². The highest BCUT2D eigenvalue weighted by Gasteiger charge is 2.14. The lowest BCUT2D eigenvalue weighted by Crippen LogP contribution is -2.25. The number of nitrogens with one attached hydrogen (secondary N) is 1. The van der Waals surface area contributed by atoms with Gasteiger partial charge in [0.25, 0.3) is 0 Å². The number of hydrogen-bond donors (Lipinski definition) is 2. The lowest BCUT2D eigenvalue weighted by Gasteiger charge is -2.07. The summed E-state index contributed by atoms with van der Waals surface area (Å²) in [7, 11) is 0. The molecule has 2 aromatic carbocycles. The van der Waals surface area contributed by atoms with Gasteiger partial charge in [-0.3, -0.25) is 4.79 Å². The van der Waals surface area contributed by atoms with Crippen LogP contribution in [-0.2, 0) is 11.3 Å². The van der Waals surface area contributed by atoms with E-state index in [1.807, 2.05) is 18.2 Å². The molecule has 3 aromatic rings. The molecule has 0 aliphatic carbocycles. The van der Waals surface area contributed by atoms with E-state index in [-0.39, 0.29) is 11.7 Å². The SMILES string of the molecule is Nn1c(SCC(=O)NCc2ccccc2Cl)nnc1-c1cccc(F)c1. The van der Waals surface area contributed by atoms with Gasteiger partial charge in [-0.15, -0.1) is 10.2 Å². The summed E-state index contributed by atoms with van der Waals surface area (Å²) in [5.41, 5.74) is 1.35. The van der Waals surface area contributed by atoms with E-state index < -0.39 is 5.82 Å². The zero-order valence-electron chi connectivity index (χ0n) is 13.5. The highest BCUT2D eigenvalue weighted by atomic mass is 35.5. The summed E-state index contributed by atoms with van der Waals surface area (Å²) in [6.07, 6.45) is 0. The van der Waals surface area contributed by atoms with Gasteiger partial charge in [-0.2, -0.15) is 0 Å². The van der Waals surface area contributed by atoms with Gasteiger partial charge in [0.15, 0.2) is 5.82 Å². The van der Waals surface area contributed by atoms with E-state index >= 15 is 0 Å². The molecule has 1 aromatic heterocycles. The van der Waals surface area contributed by atoms with E-state index in [9.17, 15) is 9.18 Å². The number of carbonyl (C=O) groups excluding carboxylic acids is 1. The van der Waals surface area contributed by atoms with Crippen LogP contribution in [0.3, 0.4) is 0 Å². The standard InChI is InChI=1S/C17H15ClFN5OS/c18-14-7-2-1-4-12(14)9-21-15(25)10-26-17-23-22-16(24(17)20)11-5-3-6-13(19)8-11/h1-8H,9-10,20H2,(H,21,25). The van der Waals surface area contributed by atoms with Gasteiger partial charge in [0.05, 0.1) is 5.75 Å². The fourth-order valence-corrected chi connectivity index (χ4v) is 3.11. The molecule has 0 radical (unpaired) electrons. The quantitative estimate of drug-likeness (QED) is 0.498. The number of nitrogens with two attached hydrogens (primary N) is 1. The normalized spacial score (nSPS) is 10.7. The molecule has 0 fully saturated rings. The second-order valence-electron chi connectivity index (χ2n) is 5.34. The molecule has 134 valence electrons. The van der Waals surface area contributed by atoms with Gasteiger partial charge in [0.1, 0.15) is 5.82 Å². The molecule has 9 heteroatoms. The third kappa shape index (κ3) is 4.33. The minimum Gasteiger partial charge on any atom is -0.351 e. The van der Waals surface area contributed by atoms with Gasteiger partial charge in [-0.25, -0.2) is 9.07 Å². The van der Waals surface area contributed by atoms with Crippen LogP contribution in [-0.4, -0.2) is 26.5 Å². The molecule has 0 aliphatic heterocycles. The summed E-state index contributed by atoms with van der Waals surface area (Å²) in [6, 6.07) is 13.2. The number of benzene rings is 2. The Labute approximate surface area is 158 Å². The minimum absolute atomic E-state index is 0.114. The van der Waals surface area contributed by atoms with Gasteiger partial charge in [-0.05, 0) is 23.8 Å². The maximum atomic E-state index is 13.3. The van der Waals surface area contributed by atoms with Crippen LogP contribution in [0.15, 0.2) is 53.7 Å². The number of hydrogen-bond acceptors (Lipinski definition) is 5. The molecule has 0 atom stereocenters. The average molecular weight is 392 g/mol. The fourth-order valence-electron chi connectivity index (χ4n) is 2.22. The van der Waals surface area contributed by atoms with Crippen LogP contribution < -0.4 is 11.2 Å². The third-order valence-corrected chi connectivity index (χ3v) is 4.83. The molecule has 6 nitrogen and oxygen atoms in total. The van der Waals surface area contributed by atoms with Crippen molar-refractivity contribution in [2.45, 2.75) is 11.7 Å². The van der Waals surface area contributed by atoms with E-state index in [0.717, 1.165) is 17.3 Å². The number of amides is 1. The number of rotatable bonds is 6. The fraction of sp³-hybridized carbons (Fsp3) is 0.118. The van der Waals surface area contributed by atoms with Crippen molar-refractivity contribution >= 4 is 29.3 Å². The molecule has 0 saturated carbocycles. The Bertz CT molecular complexity index is 933. The summed E-state index contributed by atoms with van der Waals surface area (Å²) < 4.78 is 14.6. The topological polar surface area (TPSA) is 85.8 Å². The monoisotopic (exact) mass is 391 g/mol. The number of halogens is 2. The first-order valence-corrected chi connectivity index (χ1v) is 9.00. The maximum Gasteiger partial charge on any atom is 0.230 e. The first kappa shape index (κ1) is 18.2. The molecule has 0 saturated heterocycles. The second kappa shape index (κ2) is 8.20. The number of aromatic nitrogens is 3. The van der Waals surface area contributed by atoms with Gasteiger partial charge < -0.3 is 11.2 Å². The van der Waals surface area contributed by atoms with Crippen molar-refractivity contribution in [2.24, 2.45) is 0 Å². The Morgan fingerprint density at radius 2 is 2.04 bits per heavy atom. The zero-order valence-corrected chi connectivity index (χ0v) is 15.1. The molecule has 3 rings (SSSR count). The van der Waals surface area contributed by atoms with E-state index in [2.05, 4.69) is 15.5 Å². The van der Waals surface area contributed by atoms with Crippen LogP contribution in [0.25, 0.3) is 11.4 Å². The second-order valence-corrected chi connectivity index (χ2v) is 6.69. The zero-order chi connectivity index (χ0) is 18.5. The van der Waals surface area contributed by atoms with Gasteiger partial charge in [0, 0.05) is 17.1 Å². The van der Waals surface area contributed by atoms with E-state index in [1.165, 1.54) is 16.8 Å².